The molecule has 0 amide bonds. The molecular weight excluding hydrogens is 224 g/mol. The van der Waals surface area contributed by atoms with Crippen LogP contribution in [0.15, 0.2) is 18.2 Å². The third kappa shape index (κ3) is 3.16. The normalized spacial score (nSPS) is 19.9. The molecule has 3 heteroatoms. The first-order valence-corrected chi connectivity index (χ1v) is 6.94. The number of hydrogen-bond donors (Lipinski definition) is 1. The van der Waals surface area contributed by atoms with Crippen molar-refractivity contribution >= 4 is 5.69 Å². The standard InChI is InChI=1S/C15H24N2O/c1-3-9-18-15-7-6-14(10-12(15)2)17-8-4-5-13(16)11-17/h6-7,10,13H,3-5,8-9,11,16H2,1-2H3. The number of rotatable bonds is 4. The lowest BCUT2D eigenvalue weighted by Gasteiger charge is -2.33. The van der Waals surface area contributed by atoms with Gasteiger partial charge in [0.1, 0.15) is 5.75 Å². The predicted octanol–water partition coefficient (Wildman–Crippen LogP) is 2.71. The van der Waals surface area contributed by atoms with Gasteiger partial charge in [-0.05, 0) is 49.9 Å². The van der Waals surface area contributed by atoms with Crippen molar-refractivity contribution in [2.45, 2.75) is 39.2 Å². The van der Waals surface area contributed by atoms with Crippen LogP contribution in [-0.4, -0.2) is 25.7 Å². The predicted molar refractivity (Wildman–Crippen MR) is 76.4 cm³/mol. The molecule has 18 heavy (non-hydrogen) atoms. The highest BCUT2D eigenvalue weighted by atomic mass is 16.5. The zero-order chi connectivity index (χ0) is 13.0. The van der Waals surface area contributed by atoms with E-state index in [0.29, 0.717) is 6.04 Å². The van der Waals surface area contributed by atoms with Crippen LogP contribution in [0.2, 0.25) is 0 Å². The SMILES string of the molecule is CCCOc1ccc(N2CCCC(N)C2)cc1C. The number of hydrogen-bond acceptors (Lipinski definition) is 3. The molecule has 2 N–H and O–H groups in total. The quantitative estimate of drug-likeness (QED) is 0.890. The van der Waals surface area contributed by atoms with E-state index in [4.69, 9.17) is 10.5 Å². The number of anilines is 1. The second-order valence-corrected chi connectivity index (χ2v) is 5.15. The number of benzene rings is 1. The number of piperidine rings is 1. The van der Waals surface area contributed by atoms with E-state index in [2.05, 4.69) is 36.9 Å². The van der Waals surface area contributed by atoms with E-state index in [9.17, 15) is 0 Å². The summed E-state index contributed by atoms with van der Waals surface area (Å²) in [5.41, 5.74) is 8.51. The average molecular weight is 248 g/mol. The Morgan fingerprint density at radius 3 is 2.94 bits per heavy atom. The van der Waals surface area contributed by atoms with Crippen molar-refractivity contribution in [3.05, 3.63) is 23.8 Å². The second kappa shape index (κ2) is 6.10. The van der Waals surface area contributed by atoms with Gasteiger partial charge in [0.2, 0.25) is 0 Å². The van der Waals surface area contributed by atoms with Gasteiger partial charge in [-0.25, -0.2) is 0 Å². The van der Waals surface area contributed by atoms with Crippen LogP contribution in [0, 0.1) is 6.92 Å². The van der Waals surface area contributed by atoms with Crippen LogP contribution >= 0.6 is 0 Å². The lowest BCUT2D eigenvalue weighted by atomic mass is 10.1. The van der Waals surface area contributed by atoms with Crippen molar-refractivity contribution in [3.63, 3.8) is 0 Å². The van der Waals surface area contributed by atoms with Gasteiger partial charge in [0.05, 0.1) is 6.61 Å². The molecule has 1 heterocycles. The Bertz CT molecular complexity index is 392. The second-order valence-electron chi connectivity index (χ2n) is 5.15. The number of ether oxygens (including phenoxy) is 1. The Morgan fingerprint density at radius 1 is 1.44 bits per heavy atom. The van der Waals surface area contributed by atoms with Crippen LogP contribution in [-0.2, 0) is 0 Å². The molecule has 1 saturated heterocycles. The molecule has 2 rings (SSSR count). The van der Waals surface area contributed by atoms with Crippen LogP contribution in [0.4, 0.5) is 5.69 Å². The van der Waals surface area contributed by atoms with Crippen molar-refractivity contribution in [1.82, 2.24) is 0 Å². The van der Waals surface area contributed by atoms with Crippen molar-refractivity contribution in [1.29, 1.82) is 0 Å². The highest BCUT2D eigenvalue weighted by molar-refractivity contribution is 5.53. The maximum Gasteiger partial charge on any atom is 0.122 e. The Hall–Kier alpha value is -1.22. The molecule has 1 atom stereocenters. The highest BCUT2D eigenvalue weighted by Crippen LogP contribution is 2.26. The molecule has 1 aliphatic rings. The Labute approximate surface area is 110 Å². The van der Waals surface area contributed by atoms with Gasteiger partial charge in [0.15, 0.2) is 0 Å². The van der Waals surface area contributed by atoms with E-state index in [1.165, 1.54) is 17.7 Å². The molecule has 0 aromatic heterocycles. The molecule has 1 aliphatic heterocycles. The molecule has 1 aromatic rings. The van der Waals surface area contributed by atoms with Gasteiger partial charge in [-0.2, -0.15) is 0 Å². The van der Waals surface area contributed by atoms with Gasteiger partial charge in [-0.3, -0.25) is 0 Å². The van der Waals surface area contributed by atoms with E-state index in [1.54, 1.807) is 0 Å². The number of aryl methyl sites for hydroxylation is 1. The fourth-order valence-corrected chi connectivity index (χ4v) is 2.45. The molecule has 0 aliphatic carbocycles. The minimum atomic E-state index is 0.315. The third-order valence-electron chi connectivity index (χ3n) is 3.44. The summed E-state index contributed by atoms with van der Waals surface area (Å²) < 4.78 is 5.71. The summed E-state index contributed by atoms with van der Waals surface area (Å²) in [4.78, 5) is 2.38. The van der Waals surface area contributed by atoms with E-state index >= 15 is 0 Å². The van der Waals surface area contributed by atoms with E-state index < -0.39 is 0 Å². The Morgan fingerprint density at radius 2 is 2.28 bits per heavy atom. The van der Waals surface area contributed by atoms with Gasteiger partial charge >= 0.3 is 0 Å². The van der Waals surface area contributed by atoms with E-state index in [0.717, 1.165) is 38.3 Å². The summed E-state index contributed by atoms with van der Waals surface area (Å²) in [6.07, 6.45) is 3.38. The molecule has 1 fully saturated rings. The van der Waals surface area contributed by atoms with Gasteiger partial charge in [0, 0.05) is 24.8 Å². The first-order valence-electron chi connectivity index (χ1n) is 6.94. The minimum Gasteiger partial charge on any atom is -0.493 e. The van der Waals surface area contributed by atoms with Crippen molar-refractivity contribution in [3.8, 4) is 5.75 Å². The maximum absolute atomic E-state index is 6.03. The monoisotopic (exact) mass is 248 g/mol. The summed E-state index contributed by atoms with van der Waals surface area (Å²) in [6.45, 7) is 7.10. The highest BCUT2D eigenvalue weighted by Gasteiger charge is 2.17. The topological polar surface area (TPSA) is 38.5 Å². The van der Waals surface area contributed by atoms with Crippen molar-refractivity contribution < 1.29 is 4.74 Å². The fraction of sp³-hybridized carbons (Fsp3) is 0.600. The summed E-state index contributed by atoms with van der Waals surface area (Å²) in [7, 11) is 0. The van der Waals surface area contributed by atoms with Gasteiger partial charge in [-0.1, -0.05) is 6.92 Å². The summed E-state index contributed by atoms with van der Waals surface area (Å²) >= 11 is 0. The zero-order valence-corrected chi connectivity index (χ0v) is 11.5. The Balaban J connectivity index is 2.07. The molecule has 0 spiro atoms. The fourth-order valence-electron chi connectivity index (χ4n) is 2.45. The minimum absolute atomic E-state index is 0.315. The molecule has 0 radical (unpaired) electrons. The van der Waals surface area contributed by atoms with Crippen LogP contribution in [0.25, 0.3) is 0 Å². The van der Waals surface area contributed by atoms with Gasteiger partial charge < -0.3 is 15.4 Å². The van der Waals surface area contributed by atoms with Gasteiger partial charge in [-0.15, -0.1) is 0 Å². The molecule has 0 saturated carbocycles. The molecule has 100 valence electrons. The zero-order valence-electron chi connectivity index (χ0n) is 11.5. The molecule has 0 bridgehead atoms. The lowest BCUT2D eigenvalue weighted by molar-refractivity contribution is 0.315. The first kappa shape index (κ1) is 13.2. The van der Waals surface area contributed by atoms with Crippen LogP contribution in [0.5, 0.6) is 5.75 Å². The maximum atomic E-state index is 6.03. The molecule has 1 unspecified atom stereocenters. The largest absolute Gasteiger partial charge is 0.493 e. The van der Waals surface area contributed by atoms with Crippen LogP contribution in [0.1, 0.15) is 31.7 Å². The smallest absolute Gasteiger partial charge is 0.122 e. The number of nitrogens with two attached hydrogens (primary N) is 1. The number of nitrogens with zero attached hydrogens (tertiary/aromatic N) is 1. The van der Waals surface area contributed by atoms with Crippen LogP contribution in [0.3, 0.4) is 0 Å². The average Bonchev–Trinajstić information content (AvgIpc) is 2.37. The Kier molecular flexibility index (Phi) is 4.48. The van der Waals surface area contributed by atoms with E-state index in [1.807, 2.05) is 0 Å². The lowest BCUT2D eigenvalue weighted by Crippen LogP contribution is -2.42. The first-order chi connectivity index (χ1) is 8.70. The van der Waals surface area contributed by atoms with Crippen molar-refractivity contribution in [2.24, 2.45) is 5.73 Å². The van der Waals surface area contributed by atoms with Gasteiger partial charge in [0.25, 0.3) is 0 Å². The summed E-state index contributed by atoms with van der Waals surface area (Å²) in [5, 5.41) is 0. The van der Waals surface area contributed by atoms with Crippen LogP contribution < -0.4 is 15.4 Å². The van der Waals surface area contributed by atoms with Crippen molar-refractivity contribution in [2.75, 3.05) is 24.6 Å². The molecule has 3 nitrogen and oxygen atoms in total. The molecule has 1 aromatic carbocycles. The van der Waals surface area contributed by atoms with E-state index in [-0.39, 0.29) is 0 Å². The summed E-state index contributed by atoms with van der Waals surface area (Å²) in [6, 6.07) is 6.76. The summed E-state index contributed by atoms with van der Waals surface area (Å²) in [5.74, 6) is 1.00. The third-order valence-corrected chi connectivity index (χ3v) is 3.44. The molecular formula is C15H24N2O.